The Bertz CT molecular complexity index is 868. The molecule has 2 aromatic heterocycles. The largest absolute Gasteiger partial charge is 0.433 e. The van der Waals surface area contributed by atoms with E-state index in [-0.39, 0.29) is 11.3 Å². The highest BCUT2D eigenvalue weighted by atomic mass is 19.4. The molecule has 0 spiro atoms. The maximum absolute atomic E-state index is 12.7. The minimum atomic E-state index is -4.60. The van der Waals surface area contributed by atoms with Crippen molar-refractivity contribution in [1.29, 1.82) is 0 Å². The number of rotatable bonds is 2. The summed E-state index contributed by atoms with van der Waals surface area (Å²) in [5, 5.41) is 0.546. The highest BCUT2D eigenvalue weighted by Crippen LogP contribution is 2.29. The standard InChI is InChI=1S/C15H10F3N3O/c16-15(17,18)12-6-2-5-11(21-12)14(22)9-7-20-13-8(9)3-1-4-10(13)19/h1-7,20H,19H2. The Morgan fingerprint density at radius 2 is 1.86 bits per heavy atom. The third-order valence-corrected chi connectivity index (χ3v) is 3.26. The van der Waals surface area contributed by atoms with Crippen LogP contribution in [0.5, 0.6) is 0 Å². The summed E-state index contributed by atoms with van der Waals surface area (Å²) in [5.41, 5.74) is 5.67. The van der Waals surface area contributed by atoms with Gasteiger partial charge in [-0.3, -0.25) is 4.79 Å². The lowest BCUT2D eigenvalue weighted by Crippen LogP contribution is -2.12. The third kappa shape index (κ3) is 2.30. The number of halogens is 3. The number of para-hydroxylation sites is 1. The zero-order valence-electron chi connectivity index (χ0n) is 11.1. The van der Waals surface area contributed by atoms with E-state index in [1.807, 2.05) is 0 Å². The van der Waals surface area contributed by atoms with Crippen LogP contribution in [-0.2, 0) is 6.18 Å². The number of fused-ring (bicyclic) bond motifs is 1. The Kier molecular flexibility index (Phi) is 3.13. The molecule has 0 saturated heterocycles. The van der Waals surface area contributed by atoms with Gasteiger partial charge in [-0.25, -0.2) is 4.98 Å². The van der Waals surface area contributed by atoms with Crippen molar-refractivity contribution in [3.63, 3.8) is 0 Å². The van der Waals surface area contributed by atoms with Crippen molar-refractivity contribution in [2.24, 2.45) is 0 Å². The van der Waals surface area contributed by atoms with Crippen LogP contribution in [0.4, 0.5) is 18.9 Å². The summed E-state index contributed by atoms with van der Waals surface area (Å²) in [6.45, 7) is 0. The average molecular weight is 305 g/mol. The van der Waals surface area contributed by atoms with Crippen LogP contribution in [0.25, 0.3) is 10.9 Å². The summed E-state index contributed by atoms with van der Waals surface area (Å²) < 4.78 is 38.0. The van der Waals surface area contributed by atoms with Crippen molar-refractivity contribution in [1.82, 2.24) is 9.97 Å². The summed E-state index contributed by atoms with van der Waals surface area (Å²) in [5.74, 6) is -0.594. The molecule has 3 rings (SSSR count). The molecule has 7 heteroatoms. The number of carbonyl (C=O) groups is 1. The van der Waals surface area contributed by atoms with E-state index in [4.69, 9.17) is 5.73 Å². The number of nitrogens with two attached hydrogens (primary N) is 1. The number of nitrogens with one attached hydrogen (secondary N) is 1. The Hall–Kier alpha value is -2.83. The molecule has 0 amide bonds. The number of aromatic nitrogens is 2. The van der Waals surface area contributed by atoms with Crippen molar-refractivity contribution >= 4 is 22.4 Å². The molecule has 0 atom stereocenters. The first-order valence-corrected chi connectivity index (χ1v) is 6.32. The molecule has 0 aliphatic heterocycles. The third-order valence-electron chi connectivity index (χ3n) is 3.26. The normalized spacial score (nSPS) is 11.8. The van der Waals surface area contributed by atoms with Crippen LogP contribution in [0.3, 0.4) is 0 Å². The number of alkyl halides is 3. The van der Waals surface area contributed by atoms with E-state index >= 15 is 0 Å². The molecule has 0 saturated carbocycles. The number of benzene rings is 1. The second-order valence-electron chi connectivity index (χ2n) is 4.71. The van der Waals surface area contributed by atoms with Gasteiger partial charge in [0.25, 0.3) is 0 Å². The van der Waals surface area contributed by atoms with E-state index in [0.29, 0.717) is 16.6 Å². The van der Waals surface area contributed by atoms with E-state index in [0.717, 1.165) is 12.1 Å². The van der Waals surface area contributed by atoms with Gasteiger partial charge in [-0.2, -0.15) is 13.2 Å². The van der Waals surface area contributed by atoms with E-state index in [2.05, 4.69) is 9.97 Å². The molecular weight excluding hydrogens is 295 g/mol. The highest BCUT2D eigenvalue weighted by Gasteiger charge is 2.33. The van der Waals surface area contributed by atoms with Crippen LogP contribution in [0.2, 0.25) is 0 Å². The molecule has 112 valence electrons. The molecule has 0 radical (unpaired) electrons. The predicted octanol–water partition coefficient (Wildman–Crippen LogP) is 3.39. The van der Waals surface area contributed by atoms with Crippen LogP contribution in [-0.4, -0.2) is 15.8 Å². The van der Waals surface area contributed by atoms with Crippen molar-refractivity contribution in [3.8, 4) is 0 Å². The van der Waals surface area contributed by atoms with Crippen molar-refractivity contribution in [3.05, 3.63) is 59.5 Å². The first-order chi connectivity index (χ1) is 10.4. The Morgan fingerprint density at radius 1 is 1.14 bits per heavy atom. The van der Waals surface area contributed by atoms with Gasteiger partial charge >= 0.3 is 6.18 Å². The summed E-state index contributed by atoms with van der Waals surface area (Å²) in [6.07, 6.45) is -3.17. The molecule has 3 N–H and O–H groups in total. The smallest absolute Gasteiger partial charge is 0.397 e. The molecule has 22 heavy (non-hydrogen) atoms. The summed E-state index contributed by atoms with van der Waals surface area (Å²) in [6, 6.07) is 8.24. The van der Waals surface area contributed by atoms with Crippen molar-refractivity contribution < 1.29 is 18.0 Å². The van der Waals surface area contributed by atoms with Gasteiger partial charge < -0.3 is 10.7 Å². The van der Waals surface area contributed by atoms with E-state index in [9.17, 15) is 18.0 Å². The summed E-state index contributed by atoms with van der Waals surface area (Å²) in [4.78, 5) is 18.7. The van der Waals surface area contributed by atoms with E-state index in [1.165, 1.54) is 12.3 Å². The van der Waals surface area contributed by atoms with Gasteiger partial charge in [-0.05, 0) is 18.2 Å². The lowest BCUT2D eigenvalue weighted by Gasteiger charge is -2.06. The zero-order valence-corrected chi connectivity index (χ0v) is 11.1. The minimum Gasteiger partial charge on any atom is -0.397 e. The molecule has 3 aromatic rings. The van der Waals surface area contributed by atoms with Crippen LogP contribution in [0.1, 0.15) is 21.7 Å². The maximum atomic E-state index is 12.7. The molecule has 1 aromatic carbocycles. The van der Waals surface area contributed by atoms with Crippen molar-refractivity contribution in [2.75, 3.05) is 5.73 Å². The average Bonchev–Trinajstić information content (AvgIpc) is 2.91. The molecule has 0 unspecified atom stereocenters. The molecular formula is C15H10F3N3O. The van der Waals surface area contributed by atoms with E-state index < -0.39 is 17.7 Å². The summed E-state index contributed by atoms with van der Waals surface area (Å²) in [7, 11) is 0. The topological polar surface area (TPSA) is 71.8 Å². The van der Waals surface area contributed by atoms with E-state index in [1.54, 1.807) is 18.2 Å². The number of nitrogens with zero attached hydrogens (tertiary/aromatic N) is 1. The fraction of sp³-hybridized carbons (Fsp3) is 0.0667. The quantitative estimate of drug-likeness (QED) is 0.563. The number of H-pyrrole nitrogens is 1. The van der Waals surface area contributed by atoms with Gasteiger partial charge in [0, 0.05) is 17.1 Å². The predicted molar refractivity (Wildman–Crippen MR) is 75.4 cm³/mol. The van der Waals surface area contributed by atoms with Crippen LogP contribution in [0, 0.1) is 0 Å². The lowest BCUT2D eigenvalue weighted by molar-refractivity contribution is -0.141. The van der Waals surface area contributed by atoms with Gasteiger partial charge in [0.1, 0.15) is 11.4 Å². The number of hydrogen-bond donors (Lipinski definition) is 2. The fourth-order valence-corrected chi connectivity index (χ4v) is 2.22. The first kappa shape index (κ1) is 14.1. The molecule has 2 heterocycles. The van der Waals surface area contributed by atoms with Gasteiger partial charge in [0.2, 0.25) is 5.78 Å². The maximum Gasteiger partial charge on any atom is 0.433 e. The second-order valence-corrected chi connectivity index (χ2v) is 4.71. The minimum absolute atomic E-state index is 0.231. The molecule has 0 bridgehead atoms. The highest BCUT2D eigenvalue weighted by molar-refractivity contribution is 6.16. The molecule has 0 fully saturated rings. The summed E-state index contributed by atoms with van der Waals surface area (Å²) >= 11 is 0. The number of carbonyl (C=O) groups excluding carboxylic acids is 1. The lowest BCUT2D eigenvalue weighted by atomic mass is 10.1. The van der Waals surface area contributed by atoms with Crippen molar-refractivity contribution in [2.45, 2.75) is 6.18 Å². The number of nitrogen functional groups attached to an aromatic ring is 1. The molecule has 0 aliphatic rings. The monoisotopic (exact) mass is 305 g/mol. The number of aromatic amines is 1. The Morgan fingerprint density at radius 3 is 2.59 bits per heavy atom. The second kappa shape index (κ2) is 4.87. The Labute approximate surface area is 122 Å². The fourth-order valence-electron chi connectivity index (χ4n) is 2.22. The number of hydrogen-bond acceptors (Lipinski definition) is 3. The number of pyridine rings is 1. The van der Waals surface area contributed by atoms with Crippen LogP contribution < -0.4 is 5.73 Å². The molecule has 4 nitrogen and oxygen atoms in total. The first-order valence-electron chi connectivity index (χ1n) is 6.32. The Balaban J connectivity index is 2.09. The van der Waals surface area contributed by atoms with Gasteiger partial charge in [-0.15, -0.1) is 0 Å². The number of anilines is 1. The molecule has 0 aliphatic carbocycles. The van der Waals surface area contributed by atoms with Gasteiger partial charge in [-0.1, -0.05) is 18.2 Å². The van der Waals surface area contributed by atoms with Gasteiger partial charge in [0.15, 0.2) is 0 Å². The van der Waals surface area contributed by atoms with Crippen LogP contribution >= 0.6 is 0 Å². The number of ketones is 1. The SMILES string of the molecule is Nc1cccc2c(C(=O)c3cccc(C(F)(F)F)n3)c[nH]c12. The zero-order chi connectivity index (χ0) is 15.9. The van der Waals surface area contributed by atoms with Gasteiger partial charge in [0.05, 0.1) is 11.2 Å². The van der Waals surface area contributed by atoms with Crippen LogP contribution in [0.15, 0.2) is 42.6 Å².